The number of aryl methyl sites for hydroxylation is 1. The molecule has 1 N–H and O–H groups in total. The van der Waals surface area contributed by atoms with E-state index in [4.69, 9.17) is 0 Å². The highest BCUT2D eigenvalue weighted by atomic mass is 15.0. The molecule has 0 amide bonds. The lowest BCUT2D eigenvalue weighted by Gasteiger charge is -2.13. The van der Waals surface area contributed by atoms with E-state index in [1.54, 1.807) is 0 Å². The van der Waals surface area contributed by atoms with Crippen LogP contribution in [0.25, 0.3) is 0 Å². The number of aromatic nitrogens is 2. The maximum atomic E-state index is 3.55. The molecule has 0 fully saturated rings. The molecule has 0 unspecified atom stereocenters. The molecule has 2 heteroatoms. The number of rotatable bonds is 27. The second-order valence-corrected chi connectivity index (χ2v) is 11.5. The average molecular weight is 490 g/mol. The van der Waals surface area contributed by atoms with Crippen LogP contribution in [0.3, 0.4) is 0 Å². The van der Waals surface area contributed by atoms with E-state index in [0.717, 1.165) is 5.92 Å². The molecule has 0 saturated heterocycles. The Morgan fingerprint density at radius 3 is 1.11 bits per heavy atom. The van der Waals surface area contributed by atoms with Gasteiger partial charge in [0, 0.05) is 0 Å². The summed E-state index contributed by atoms with van der Waals surface area (Å²) in [6.07, 6.45) is 41.6. The van der Waals surface area contributed by atoms with E-state index in [1.165, 1.54) is 173 Å². The fraction of sp³-hybridized carbons (Fsp3) is 0.909. The van der Waals surface area contributed by atoms with Crippen molar-refractivity contribution in [2.45, 2.75) is 187 Å². The Morgan fingerprint density at radius 2 is 0.829 bits per heavy atom. The lowest BCUT2D eigenvalue weighted by molar-refractivity contribution is -0.679. The van der Waals surface area contributed by atoms with Crippen molar-refractivity contribution < 1.29 is 4.57 Å². The van der Waals surface area contributed by atoms with Crippen molar-refractivity contribution in [2.24, 2.45) is 7.05 Å². The highest BCUT2D eigenvalue weighted by Gasteiger charge is 2.20. The van der Waals surface area contributed by atoms with Crippen molar-refractivity contribution in [2.75, 3.05) is 0 Å². The van der Waals surface area contributed by atoms with E-state index in [2.05, 4.69) is 42.8 Å². The Labute approximate surface area is 221 Å². The van der Waals surface area contributed by atoms with Gasteiger partial charge in [0.1, 0.15) is 12.4 Å². The number of unbranched alkanes of at least 4 members (excludes halogenated alkanes) is 22. The summed E-state index contributed by atoms with van der Waals surface area (Å²) in [4.78, 5) is 3.55. The normalized spacial score (nSPS) is 12.4. The molecule has 1 aromatic heterocycles. The fourth-order valence-electron chi connectivity index (χ4n) is 5.70. The van der Waals surface area contributed by atoms with E-state index < -0.39 is 0 Å². The van der Waals surface area contributed by atoms with Crippen molar-refractivity contribution in [3.05, 3.63) is 18.2 Å². The van der Waals surface area contributed by atoms with Gasteiger partial charge in [-0.3, -0.25) is 0 Å². The van der Waals surface area contributed by atoms with E-state index >= 15 is 0 Å². The van der Waals surface area contributed by atoms with Crippen molar-refractivity contribution in [1.29, 1.82) is 0 Å². The average Bonchev–Trinajstić information content (AvgIpc) is 3.29. The number of hydrogen-bond acceptors (Lipinski definition) is 0. The fourth-order valence-corrected chi connectivity index (χ4v) is 5.70. The van der Waals surface area contributed by atoms with Crippen LogP contribution >= 0.6 is 0 Å². The van der Waals surface area contributed by atoms with Gasteiger partial charge < -0.3 is 0 Å². The van der Waals surface area contributed by atoms with E-state index in [0.29, 0.717) is 0 Å². The molecule has 0 bridgehead atoms. The van der Waals surface area contributed by atoms with Crippen LogP contribution in [0.15, 0.2) is 12.4 Å². The summed E-state index contributed by atoms with van der Waals surface area (Å²) >= 11 is 0. The molecule has 1 atom stereocenters. The molecule has 0 aliphatic rings. The summed E-state index contributed by atoms with van der Waals surface area (Å²) in [5.74, 6) is 2.18. The number of imidazole rings is 1. The lowest BCUT2D eigenvalue weighted by Crippen LogP contribution is -2.32. The maximum absolute atomic E-state index is 3.55. The van der Waals surface area contributed by atoms with Gasteiger partial charge in [-0.05, 0) is 12.8 Å². The minimum absolute atomic E-state index is 0.723. The molecule has 0 aliphatic heterocycles. The Balaban J connectivity index is 2.04. The van der Waals surface area contributed by atoms with Gasteiger partial charge in [0.15, 0.2) is 0 Å². The molecule has 35 heavy (non-hydrogen) atoms. The predicted octanol–water partition coefficient (Wildman–Crippen LogP) is 11.1. The molecule has 1 rings (SSSR count). The standard InChI is InChI=1S/C33H64N2/c1-4-6-8-10-12-14-16-17-19-21-23-25-27-29-32(33-34-30-31-35(33)3)28-26-24-22-20-18-15-13-11-9-7-5-2/h30-32H,4-29H2,1-3H3/p+1/t32-/m0/s1. The molecule has 0 aromatic carbocycles. The zero-order valence-corrected chi connectivity index (χ0v) is 24.6. The number of H-pyrrole nitrogens is 1. The number of nitrogens with zero attached hydrogens (tertiary/aromatic N) is 1. The topological polar surface area (TPSA) is 19.7 Å². The van der Waals surface area contributed by atoms with Gasteiger partial charge in [0.2, 0.25) is 0 Å². The molecule has 0 aliphatic carbocycles. The van der Waals surface area contributed by atoms with Crippen LogP contribution in [0, 0.1) is 0 Å². The Hall–Kier alpha value is -0.790. The molecular weight excluding hydrogens is 424 g/mol. The minimum Gasteiger partial charge on any atom is -0.247 e. The van der Waals surface area contributed by atoms with Gasteiger partial charge >= 0.3 is 0 Å². The van der Waals surface area contributed by atoms with Gasteiger partial charge in [-0.1, -0.05) is 168 Å². The summed E-state index contributed by atoms with van der Waals surface area (Å²) in [5, 5.41) is 0. The van der Waals surface area contributed by atoms with Gasteiger partial charge in [-0.15, -0.1) is 0 Å². The van der Waals surface area contributed by atoms with Gasteiger partial charge in [0.25, 0.3) is 5.82 Å². The van der Waals surface area contributed by atoms with Gasteiger partial charge in [-0.25, -0.2) is 9.55 Å². The Kier molecular flexibility index (Phi) is 22.9. The second kappa shape index (κ2) is 24.9. The smallest absolute Gasteiger partial charge is 0.247 e. The predicted molar refractivity (Wildman–Crippen MR) is 156 cm³/mol. The van der Waals surface area contributed by atoms with E-state index in [1.807, 2.05) is 0 Å². The van der Waals surface area contributed by atoms with Crippen LogP contribution in [0.4, 0.5) is 0 Å². The van der Waals surface area contributed by atoms with Crippen LogP contribution in [-0.2, 0) is 7.05 Å². The van der Waals surface area contributed by atoms with E-state index in [-0.39, 0.29) is 0 Å². The number of hydrogen-bond donors (Lipinski definition) is 1. The van der Waals surface area contributed by atoms with Crippen LogP contribution in [0.5, 0.6) is 0 Å². The van der Waals surface area contributed by atoms with Gasteiger partial charge in [0.05, 0.1) is 13.0 Å². The van der Waals surface area contributed by atoms with Crippen molar-refractivity contribution in [1.82, 2.24) is 4.98 Å². The quantitative estimate of drug-likeness (QED) is 0.0936. The molecule has 1 heterocycles. The zero-order chi connectivity index (χ0) is 25.2. The third-order valence-corrected chi connectivity index (χ3v) is 8.11. The molecular formula is C33H65N2+. The molecule has 0 radical (unpaired) electrons. The first-order valence-electron chi connectivity index (χ1n) is 16.3. The molecule has 1 aromatic rings. The first kappa shape index (κ1) is 32.2. The second-order valence-electron chi connectivity index (χ2n) is 11.5. The summed E-state index contributed by atoms with van der Waals surface area (Å²) in [6.45, 7) is 4.61. The first-order valence-corrected chi connectivity index (χ1v) is 16.3. The summed E-state index contributed by atoms with van der Waals surface area (Å²) in [7, 11) is 2.21. The zero-order valence-electron chi connectivity index (χ0n) is 24.6. The number of nitrogens with one attached hydrogen (secondary N) is 1. The molecule has 2 nitrogen and oxygen atoms in total. The Morgan fingerprint density at radius 1 is 0.514 bits per heavy atom. The minimum atomic E-state index is 0.723. The van der Waals surface area contributed by atoms with Crippen LogP contribution in [-0.4, -0.2) is 4.98 Å². The van der Waals surface area contributed by atoms with Crippen LogP contribution in [0.1, 0.15) is 193 Å². The van der Waals surface area contributed by atoms with Crippen molar-refractivity contribution in [3.63, 3.8) is 0 Å². The van der Waals surface area contributed by atoms with Crippen LogP contribution in [0.2, 0.25) is 0 Å². The van der Waals surface area contributed by atoms with Crippen molar-refractivity contribution in [3.8, 4) is 0 Å². The van der Waals surface area contributed by atoms with Crippen LogP contribution < -0.4 is 4.57 Å². The SMILES string of the molecule is CCCCCCCCCCCCCCC[C@H](CCCCCCCCCCCCC)c1[nH]cc[n+]1C. The Bertz CT molecular complexity index is 535. The van der Waals surface area contributed by atoms with Gasteiger partial charge in [-0.2, -0.15) is 0 Å². The lowest BCUT2D eigenvalue weighted by atomic mass is 9.93. The largest absolute Gasteiger partial charge is 0.257 e. The molecule has 0 saturated carbocycles. The van der Waals surface area contributed by atoms with Crippen molar-refractivity contribution >= 4 is 0 Å². The number of aromatic amines is 1. The molecule has 0 spiro atoms. The monoisotopic (exact) mass is 490 g/mol. The maximum Gasteiger partial charge on any atom is 0.257 e. The van der Waals surface area contributed by atoms with E-state index in [9.17, 15) is 0 Å². The third kappa shape index (κ3) is 19.0. The highest BCUT2D eigenvalue weighted by Crippen LogP contribution is 2.26. The third-order valence-electron chi connectivity index (χ3n) is 8.11. The summed E-state index contributed by atoms with van der Waals surface area (Å²) in [5.41, 5.74) is 0. The summed E-state index contributed by atoms with van der Waals surface area (Å²) < 4.78 is 2.32. The highest BCUT2D eigenvalue weighted by molar-refractivity contribution is 4.89. The first-order chi connectivity index (χ1) is 17.3. The molecule has 206 valence electrons. The summed E-state index contributed by atoms with van der Waals surface area (Å²) in [6, 6.07) is 0.